The van der Waals surface area contributed by atoms with E-state index in [4.69, 9.17) is 4.74 Å². The molecule has 1 heterocycles. The maximum Gasteiger partial charge on any atom is 0.273 e. The van der Waals surface area contributed by atoms with Crippen LogP contribution in [0, 0.1) is 27.7 Å². The maximum absolute atomic E-state index is 12.5. The molecule has 2 aromatic carbocycles. The first-order valence-electron chi connectivity index (χ1n) is 9.59. The van der Waals surface area contributed by atoms with Gasteiger partial charge in [0.15, 0.2) is 6.10 Å². The number of benzene rings is 2. The number of hydrogen-bond acceptors (Lipinski definition) is 3. The zero-order valence-corrected chi connectivity index (χ0v) is 17.6. The molecule has 0 spiro atoms. The Kier molecular flexibility index (Phi) is 6.29. The molecule has 1 N–H and O–H groups in total. The molecule has 0 unspecified atom stereocenters. The molecular weight excluding hydrogens is 362 g/mol. The van der Waals surface area contributed by atoms with Crippen LogP contribution in [0.25, 0.3) is 5.69 Å². The predicted molar refractivity (Wildman–Crippen MR) is 117 cm³/mol. The number of hydrazone groups is 1. The molecule has 0 aliphatic heterocycles. The van der Waals surface area contributed by atoms with Crippen molar-refractivity contribution in [1.82, 2.24) is 9.99 Å². The average Bonchev–Trinajstić information content (AvgIpc) is 2.97. The van der Waals surface area contributed by atoms with Crippen LogP contribution in [-0.2, 0) is 9.53 Å². The zero-order valence-electron chi connectivity index (χ0n) is 17.6. The summed E-state index contributed by atoms with van der Waals surface area (Å²) in [7, 11) is 1.51. The SMILES string of the molecule is CO[C@H](C(=O)N/N=C\c1cc(C)n(-c2ccc(C)cc2C)c1C)c1ccccc1. The quantitative estimate of drug-likeness (QED) is 0.497. The van der Waals surface area contributed by atoms with Gasteiger partial charge >= 0.3 is 0 Å². The topological polar surface area (TPSA) is 55.6 Å². The van der Waals surface area contributed by atoms with Crippen molar-refractivity contribution in [2.75, 3.05) is 7.11 Å². The Morgan fingerprint density at radius 1 is 1.07 bits per heavy atom. The van der Waals surface area contributed by atoms with Gasteiger partial charge in [0, 0.05) is 29.7 Å². The minimum Gasteiger partial charge on any atom is -0.367 e. The Hall–Kier alpha value is -3.18. The summed E-state index contributed by atoms with van der Waals surface area (Å²) in [5.74, 6) is -0.307. The number of carbonyl (C=O) groups excluding carboxylic acids is 1. The molecule has 3 aromatic rings. The van der Waals surface area contributed by atoms with E-state index < -0.39 is 6.10 Å². The molecule has 1 atom stereocenters. The molecule has 0 saturated carbocycles. The lowest BCUT2D eigenvalue weighted by atomic mass is 10.1. The first-order valence-corrected chi connectivity index (χ1v) is 9.59. The molecule has 0 fully saturated rings. The first-order chi connectivity index (χ1) is 13.9. The van der Waals surface area contributed by atoms with Crippen molar-refractivity contribution in [3.63, 3.8) is 0 Å². The maximum atomic E-state index is 12.5. The summed E-state index contributed by atoms with van der Waals surface area (Å²) in [6, 6.07) is 17.9. The lowest BCUT2D eigenvalue weighted by Gasteiger charge is -2.14. The Morgan fingerprint density at radius 3 is 2.45 bits per heavy atom. The summed E-state index contributed by atoms with van der Waals surface area (Å²) >= 11 is 0. The number of ether oxygens (including phenoxy) is 1. The number of aryl methyl sites for hydroxylation is 3. The van der Waals surface area contributed by atoms with Crippen molar-refractivity contribution < 1.29 is 9.53 Å². The number of nitrogens with zero attached hydrogens (tertiary/aromatic N) is 2. The molecule has 5 nitrogen and oxygen atoms in total. The summed E-state index contributed by atoms with van der Waals surface area (Å²) in [6.07, 6.45) is 0.980. The molecule has 1 amide bonds. The molecular formula is C24H27N3O2. The van der Waals surface area contributed by atoms with Gasteiger partial charge < -0.3 is 9.30 Å². The molecule has 0 radical (unpaired) electrons. The van der Waals surface area contributed by atoms with E-state index in [0.717, 1.165) is 28.2 Å². The van der Waals surface area contributed by atoms with Crippen molar-refractivity contribution >= 4 is 12.1 Å². The van der Waals surface area contributed by atoms with Gasteiger partial charge in [0.05, 0.1) is 6.21 Å². The fourth-order valence-corrected chi connectivity index (χ4v) is 3.59. The minimum absolute atomic E-state index is 0.307. The molecule has 150 valence electrons. The van der Waals surface area contributed by atoms with Crippen LogP contribution in [0.3, 0.4) is 0 Å². The number of amides is 1. The second-order valence-corrected chi connectivity index (χ2v) is 7.21. The molecule has 3 rings (SSSR count). The van der Waals surface area contributed by atoms with Gasteiger partial charge in [-0.3, -0.25) is 4.79 Å². The molecule has 0 aliphatic rings. The van der Waals surface area contributed by atoms with E-state index in [1.54, 1.807) is 6.21 Å². The molecule has 0 bridgehead atoms. The van der Waals surface area contributed by atoms with Crippen molar-refractivity contribution in [3.05, 3.63) is 88.2 Å². The highest BCUT2D eigenvalue weighted by molar-refractivity contribution is 5.86. The fourth-order valence-electron chi connectivity index (χ4n) is 3.59. The number of carbonyl (C=O) groups is 1. The van der Waals surface area contributed by atoms with Gasteiger partial charge in [-0.2, -0.15) is 5.10 Å². The Bertz CT molecular complexity index is 1040. The third-order valence-electron chi connectivity index (χ3n) is 5.02. The smallest absolute Gasteiger partial charge is 0.273 e. The molecule has 0 aliphatic carbocycles. The summed E-state index contributed by atoms with van der Waals surface area (Å²) < 4.78 is 7.55. The third kappa shape index (κ3) is 4.46. The van der Waals surface area contributed by atoms with Crippen LogP contribution < -0.4 is 5.43 Å². The van der Waals surface area contributed by atoms with E-state index in [0.29, 0.717) is 0 Å². The van der Waals surface area contributed by atoms with E-state index in [-0.39, 0.29) is 5.91 Å². The predicted octanol–water partition coefficient (Wildman–Crippen LogP) is 4.55. The van der Waals surface area contributed by atoms with Gasteiger partial charge in [-0.15, -0.1) is 0 Å². The number of aromatic nitrogens is 1. The molecule has 0 saturated heterocycles. The highest BCUT2D eigenvalue weighted by Crippen LogP contribution is 2.23. The number of rotatable bonds is 6. The monoisotopic (exact) mass is 389 g/mol. The van der Waals surface area contributed by atoms with Crippen LogP contribution in [0.2, 0.25) is 0 Å². The van der Waals surface area contributed by atoms with Crippen LogP contribution in [0.4, 0.5) is 0 Å². The molecule has 1 aromatic heterocycles. The second-order valence-electron chi connectivity index (χ2n) is 7.21. The highest BCUT2D eigenvalue weighted by atomic mass is 16.5. The van der Waals surface area contributed by atoms with E-state index >= 15 is 0 Å². The third-order valence-corrected chi connectivity index (χ3v) is 5.02. The van der Waals surface area contributed by atoms with Crippen LogP contribution in [0.1, 0.15) is 39.7 Å². The lowest BCUT2D eigenvalue weighted by Crippen LogP contribution is -2.26. The van der Waals surface area contributed by atoms with E-state index in [9.17, 15) is 4.79 Å². The van der Waals surface area contributed by atoms with Gasteiger partial charge in [-0.05, 0) is 51.0 Å². The fraction of sp³-hybridized carbons (Fsp3) is 0.250. The Morgan fingerprint density at radius 2 is 1.79 bits per heavy atom. The van der Waals surface area contributed by atoms with Crippen LogP contribution in [-0.4, -0.2) is 23.8 Å². The van der Waals surface area contributed by atoms with Crippen molar-refractivity contribution in [1.29, 1.82) is 0 Å². The lowest BCUT2D eigenvalue weighted by molar-refractivity contribution is -0.131. The van der Waals surface area contributed by atoms with Gasteiger partial charge in [-0.1, -0.05) is 48.0 Å². The van der Waals surface area contributed by atoms with Crippen molar-refractivity contribution in [2.45, 2.75) is 33.8 Å². The van der Waals surface area contributed by atoms with Crippen LogP contribution >= 0.6 is 0 Å². The Labute approximate surface area is 172 Å². The minimum atomic E-state index is -0.698. The van der Waals surface area contributed by atoms with E-state index in [1.807, 2.05) is 30.3 Å². The summed E-state index contributed by atoms with van der Waals surface area (Å²) in [6.45, 7) is 8.33. The van der Waals surface area contributed by atoms with Crippen molar-refractivity contribution in [3.8, 4) is 5.69 Å². The molecule has 5 heteroatoms. The Balaban J connectivity index is 1.79. The number of methoxy groups -OCH3 is 1. The molecule has 29 heavy (non-hydrogen) atoms. The van der Waals surface area contributed by atoms with Crippen molar-refractivity contribution in [2.24, 2.45) is 5.10 Å². The van der Waals surface area contributed by atoms with Crippen LogP contribution in [0.15, 0.2) is 59.7 Å². The van der Waals surface area contributed by atoms with E-state index in [2.05, 4.69) is 67.1 Å². The average molecular weight is 389 g/mol. The standard InChI is InChI=1S/C24H27N3O2/c1-16-11-12-22(17(2)13-16)27-18(3)14-21(19(27)4)15-25-26-24(28)23(29-5)20-9-7-6-8-10-20/h6-15,23H,1-5H3,(H,26,28)/b25-15-/t23-/m0/s1. The number of nitrogens with one attached hydrogen (secondary N) is 1. The zero-order chi connectivity index (χ0) is 21.0. The van der Waals surface area contributed by atoms with Crippen LogP contribution in [0.5, 0.6) is 0 Å². The van der Waals surface area contributed by atoms with Gasteiger partial charge in [0.25, 0.3) is 5.91 Å². The van der Waals surface area contributed by atoms with Gasteiger partial charge in [-0.25, -0.2) is 5.43 Å². The van der Waals surface area contributed by atoms with Gasteiger partial charge in [0.1, 0.15) is 0 Å². The normalized spacial score (nSPS) is 12.3. The highest BCUT2D eigenvalue weighted by Gasteiger charge is 2.19. The second kappa shape index (κ2) is 8.88. The van der Waals surface area contributed by atoms with Gasteiger partial charge in [0.2, 0.25) is 0 Å². The summed E-state index contributed by atoms with van der Waals surface area (Å²) in [4.78, 5) is 12.5. The summed E-state index contributed by atoms with van der Waals surface area (Å²) in [5.41, 5.74) is 10.1. The summed E-state index contributed by atoms with van der Waals surface area (Å²) in [5, 5.41) is 4.16. The largest absolute Gasteiger partial charge is 0.367 e. The first kappa shape index (κ1) is 20.6. The number of hydrogen-bond donors (Lipinski definition) is 1. The van der Waals surface area contributed by atoms with E-state index in [1.165, 1.54) is 18.2 Å².